The third-order valence-electron chi connectivity index (χ3n) is 2.06. The molecule has 4 nitrogen and oxygen atoms in total. The second-order valence-electron chi connectivity index (χ2n) is 3.46. The fourth-order valence-corrected chi connectivity index (χ4v) is 1.21. The zero-order valence-corrected chi connectivity index (χ0v) is 8.25. The molecule has 0 amide bonds. The van der Waals surface area contributed by atoms with Crippen molar-refractivity contribution in [3.8, 4) is 5.69 Å². The molecular weight excluding hydrogens is 176 g/mol. The third-order valence-corrected chi connectivity index (χ3v) is 2.06. The minimum atomic E-state index is 0.450. The standard InChI is InChI=1S/C10H12N4/c1-8(2)10-6-14(7-11-10)9-3-4-12-13-5-9/h3-8H,1-2H3. The highest BCUT2D eigenvalue weighted by atomic mass is 15.1. The van der Waals surface area contributed by atoms with Gasteiger partial charge in [-0.1, -0.05) is 13.8 Å². The Bertz CT molecular complexity index is 405. The fourth-order valence-electron chi connectivity index (χ4n) is 1.21. The van der Waals surface area contributed by atoms with Crippen LogP contribution in [0.2, 0.25) is 0 Å². The van der Waals surface area contributed by atoms with Gasteiger partial charge in [0.15, 0.2) is 0 Å². The molecule has 72 valence electrons. The van der Waals surface area contributed by atoms with Gasteiger partial charge in [-0.05, 0) is 12.0 Å². The van der Waals surface area contributed by atoms with E-state index in [1.54, 1.807) is 18.7 Å². The van der Waals surface area contributed by atoms with Crippen LogP contribution in [0.3, 0.4) is 0 Å². The molecule has 0 bridgehead atoms. The molecule has 0 unspecified atom stereocenters. The zero-order valence-electron chi connectivity index (χ0n) is 8.25. The summed E-state index contributed by atoms with van der Waals surface area (Å²) >= 11 is 0. The number of aromatic nitrogens is 4. The van der Waals surface area contributed by atoms with E-state index in [1.165, 1.54) is 0 Å². The Kier molecular flexibility index (Phi) is 2.26. The zero-order chi connectivity index (χ0) is 9.97. The van der Waals surface area contributed by atoms with Gasteiger partial charge in [-0.25, -0.2) is 4.98 Å². The second kappa shape index (κ2) is 3.57. The Labute approximate surface area is 82.6 Å². The number of hydrogen-bond donors (Lipinski definition) is 0. The molecule has 0 fully saturated rings. The van der Waals surface area contributed by atoms with Gasteiger partial charge in [0.1, 0.15) is 0 Å². The van der Waals surface area contributed by atoms with Crippen LogP contribution in [0.1, 0.15) is 25.5 Å². The first-order chi connectivity index (χ1) is 6.77. The molecule has 0 radical (unpaired) electrons. The third kappa shape index (κ3) is 1.64. The van der Waals surface area contributed by atoms with Crippen molar-refractivity contribution in [2.45, 2.75) is 19.8 Å². The summed E-state index contributed by atoms with van der Waals surface area (Å²) in [6.45, 7) is 4.24. The van der Waals surface area contributed by atoms with Crippen molar-refractivity contribution >= 4 is 0 Å². The molecule has 2 aromatic rings. The molecule has 0 aromatic carbocycles. The molecule has 0 saturated heterocycles. The van der Waals surface area contributed by atoms with Gasteiger partial charge < -0.3 is 4.57 Å². The van der Waals surface area contributed by atoms with Crippen LogP contribution in [0, 0.1) is 0 Å². The summed E-state index contributed by atoms with van der Waals surface area (Å²) in [6, 6.07) is 1.90. The number of imidazole rings is 1. The highest BCUT2D eigenvalue weighted by molar-refractivity contribution is 5.27. The number of hydrogen-bond acceptors (Lipinski definition) is 3. The summed E-state index contributed by atoms with van der Waals surface area (Å²) in [4.78, 5) is 4.31. The van der Waals surface area contributed by atoms with E-state index in [-0.39, 0.29) is 0 Å². The van der Waals surface area contributed by atoms with E-state index in [2.05, 4.69) is 29.0 Å². The van der Waals surface area contributed by atoms with Crippen molar-refractivity contribution in [2.24, 2.45) is 0 Å². The van der Waals surface area contributed by atoms with Crippen molar-refractivity contribution in [3.63, 3.8) is 0 Å². The van der Waals surface area contributed by atoms with Crippen molar-refractivity contribution in [3.05, 3.63) is 36.7 Å². The lowest BCUT2D eigenvalue weighted by atomic mass is 10.2. The largest absolute Gasteiger partial charge is 0.304 e. The normalized spacial score (nSPS) is 10.8. The van der Waals surface area contributed by atoms with E-state index in [1.807, 2.05) is 16.8 Å². The topological polar surface area (TPSA) is 43.6 Å². The van der Waals surface area contributed by atoms with Gasteiger partial charge in [0.05, 0.1) is 30.1 Å². The first-order valence-electron chi connectivity index (χ1n) is 4.58. The van der Waals surface area contributed by atoms with E-state index in [4.69, 9.17) is 0 Å². The Morgan fingerprint density at radius 3 is 2.71 bits per heavy atom. The Hall–Kier alpha value is -1.71. The minimum absolute atomic E-state index is 0.450. The molecule has 0 spiro atoms. The van der Waals surface area contributed by atoms with E-state index in [0.717, 1.165) is 11.4 Å². The average Bonchev–Trinajstić information content (AvgIpc) is 2.68. The number of nitrogens with zero attached hydrogens (tertiary/aromatic N) is 4. The summed E-state index contributed by atoms with van der Waals surface area (Å²) in [6.07, 6.45) is 7.20. The molecule has 0 aliphatic rings. The van der Waals surface area contributed by atoms with E-state index >= 15 is 0 Å². The Balaban J connectivity index is 2.34. The smallest absolute Gasteiger partial charge is 0.0995 e. The monoisotopic (exact) mass is 188 g/mol. The lowest BCUT2D eigenvalue weighted by Gasteiger charge is -1.99. The second-order valence-corrected chi connectivity index (χ2v) is 3.46. The van der Waals surface area contributed by atoms with Crippen molar-refractivity contribution in [1.29, 1.82) is 0 Å². The lowest BCUT2D eigenvalue weighted by Crippen LogP contribution is -1.92. The van der Waals surface area contributed by atoms with Crippen molar-refractivity contribution in [1.82, 2.24) is 19.7 Å². The highest BCUT2D eigenvalue weighted by Gasteiger charge is 2.03. The molecule has 14 heavy (non-hydrogen) atoms. The van der Waals surface area contributed by atoms with Crippen LogP contribution in [0.25, 0.3) is 5.69 Å². The maximum absolute atomic E-state index is 4.31. The first-order valence-corrected chi connectivity index (χ1v) is 4.58. The van der Waals surface area contributed by atoms with Gasteiger partial charge in [-0.15, -0.1) is 0 Å². The van der Waals surface area contributed by atoms with Gasteiger partial charge in [0, 0.05) is 6.20 Å². The van der Waals surface area contributed by atoms with Crippen LogP contribution in [0.5, 0.6) is 0 Å². The summed E-state index contributed by atoms with van der Waals surface area (Å²) in [5, 5.41) is 7.55. The van der Waals surface area contributed by atoms with Gasteiger partial charge in [-0.3, -0.25) is 0 Å². The maximum Gasteiger partial charge on any atom is 0.0995 e. The van der Waals surface area contributed by atoms with Crippen LogP contribution in [0.15, 0.2) is 31.0 Å². The molecule has 0 N–H and O–H groups in total. The van der Waals surface area contributed by atoms with Crippen LogP contribution >= 0.6 is 0 Å². The molecule has 2 aromatic heterocycles. The predicted octanol–water partition coefficient (Wildman–Crippen LogP) is 1.79. The summed E-state index contributed by atoms with van der Waals surface area (Å²) in [5.41, 5.74) is 2.07. The van der Waals surface area contributed by atoms with Crippen LogP contribution in [-0.4, -0.2) is 19.7 Å². The van der Waals surface area contributed by atoms with Crippen LogP contribution in [-0.2, 0) is 0 Å². The van der Waals surface area contributed by atoms with E-state index < -0.39 is 0 Å². The Morgan fingerprint density at radius 2 is 2.14 bits per heavy atom. The van der Waals surface area contributed by atoms with E-state index in [9.17, 15) is 0 Å². The van der Waals surface area contributed by atoms with Gasteiger partial charge in [0.2, 0.25) is 0 Å². The summed E-state index contributed by atoms with van der Waals surface area (Å²) < 4.78 is 1.95. The Morgan fingerprint density at radius 1 is 1.29 bits per heavy atom. The minimum Gasteiger partial charge on any atom is -0.304 e. The molecule has 4 heteroatoms. The molecule has 0 aliphatic heterocycles. The summed E-state index contributed by atoms with van der Waals surface area (Å²) in [5.74, 6) is 0.450. The predicted molar refractivity (Wildman–Crippen MR) is 53.2 cm³/mol. The number of rotatable bonds is 2. The van der Waals surface area contributed by atoms with Crippen molar-refractivity contribution < 1.29 is 0 Å². The van der Waals surface area contributed by atoms with Crippen LogP contribution in [0.4, 0.5) is 0 Å². The fraction of sp³-hybridized carbons (Fsp3) is 0.300. The highest BCUT2D eigenvalue weighted by Crippen LogP contribution is 2.13. The average molecular weight is 188 g/mol. The molecule has 0 atom stereocenters. The van der Waals surface area contributed by atoms with E-state index in [0.29, 0.717) is 5.92 Å². The lowest BCUT2D eigenvalue weighted by molar-refractivity contribution is 0.831. The molecule has 2 rings (SSSR count). The van der Waals surface area contributed by atoms with Crippen molar-refractivity contribution in [2.75, 3.05) is 0 Å². The molecule has 0 aliphatic carbocycles. The van der Waals surface area contributed by atoms with Gasteiger partial charge in [0.25, 0.3) is 0 Å². The summed E-state index contributed by atoms with van der Waals surface area (Å²) in [7, 11) is 0. The maximum atomic E-state index is 4.31. The molecule has 0 saturated carbocycles. The molecular formula is C10H12N4. The van der Waals surface area contributed by atoms with Crippen LogP contribution < -0.4 is 0 Å². The quantitative estimate of drug-likeness (QED) is 0.721. The molecule has 2 heterocycles. The first kappa shape index (κ1) is 8.87. The van der Waals surface area contributed by atoms with Gasteiger partial charge >= 0.3 is 0 Å². The SMILES string of the molecule is CC(C)c1cn(-c2ccnnc2)cn1. The van der Waals surface area contributed by atoms with Gasteiger partial charge in [-0.2, -0.15) is 10.2 Å².